The van der Waals surface area contributed by atoms with Crippen molar-refractivity contribution in [1.82, 2.24) is 0 Å². The number of hydrogen-bond acceptors (Lipinski definition) is 2. The quantitative estimate of drug-likeness (QED) is 0.864. The third kappa shape index (κ3) is 2.06. The molecule has 2 nitrogen and oxygen atoms in total. The number of ether oxygens (including phenoxy) is 1. The lowest BCUT2D eigenvalue weighted by molar-refractivity contribution is 0.145. The molecule has 0 bridgehead atoms. The van der Waals surface area contributed by atoms with E-state index in [-0.39, 0.29) is 0 Å². The fourth-order valence-electron chi connectivity index (χ4n) is 2.22. The number of hydrogen-bond donors (Lipinski definition) is 1. The SMILES string of the molecule is Cc1ccc(C2(O)CC2)c(OCC2CC2)c1C. The molecule has 1 aromatic carbocycles. The van der Waals surface area contributed by atoms with Crippen LogP contribution in [0.25, 0.3) is 0 Å². The van der Waals surface area contributed by atoms with Crippen molar-refractivity contribution in [1.29, 1.82) is 0 Å². The summed E-state index contributed by atoms with van der Waals surface area (Å²) in [6.07, 6.45) is 4.33. The first-order chi connectivity index (χ1) is 8.10. The van der Waals surface area contributed by atoms with Crippen LogP contribution in [0.1, 0.15) is 42.4 Å². The summed E-state index contributed by atoms with van der Waals surface area (Å²) in [6, 6.07) is 4.13. The molecule has 1 aromatic rings. The van der Waals surface area contributed by atoms with Gasteiger partial charge in [0.15, 0.2) is 0 Å². The molecule has 2 saturated carbocycles. The Balaban J connectivity index is 1.92. The van der Waals surface area contributed by atoms with E-state index < -0.39 is 5.60 Å². The second kappa shape index (κ2) is 3.74. The predicted molar refractivity (Wildman–Crippen MR) is 67.3 cm³/mol. The highest BCUT2D eigenvalue weighted by Crippen LogP contribution is 2.50. The summed E-state index contributed by atoms with van der Waals surface area (Å²) < 4.78 is 5.98. The molecule has 0 aromatic heterocycles. The highest BCUT2D eigenvalue weighted by Gasteiger charge is 2.44. The van der Waals surface area contributed by atoms with E-state index in [1.165, 1.54) is 24.0 Å². The Morgan fingerprint density at radius 1 is 1.29 bits per heavy atom. The third-order valence-corrected chi connectivity index (χ3v) is 4.06. The average Bonchev–Trinajstić information content (AvgIpc) is 3.18. The van der Waals surface area contributed by atoms with E-state index in [0.717, 1.165) is 36.7 Å². The summed E-state index contributed by atoms with van der Waals surface area (Å²) in [5, 5.41) is 10.3. The van der Waals surface area contributed by atoms with Crippen LogP contribution in [0.3, 0.4) is 0 Å². The van der Waals surface area contributed by atoms with E-state index in [1.807, 2.05) is 6.07 Å². The Morgan fingerprint density at radius 3 is 2.59 bits per heavy atom. The van der Waals surface area contributed by atoms with Gasteiger partial charge in [-0.15, -0.1) is 0 Å². The summed E-state index contributed by atoms with van der Waals surface area (Å²) in [7, 11) is 0. The zero-order valence-electron chi connectivity index (χ0n) is 10.6. The lowest BCUT2D eigenvalue weighted by atomic mass is 9.99. The Kier molecular flexibility index (Phi) is 2.44. The fraction of sp³-hybridized carbons (Fsp3) is 0.600. The molecular weight excluding hydrogens is 212 g/mol. The molecule has 2 aliphatic rings. The van der Waals surface area contributed by atoms with E-state index in [9.17, 15) is 5.11 Å². The Hall–Kier alpha value is -1.02. The lowest BCUT2D eigenvalue weighted by Gasteiger charge is -2.19. The van der Waals surface area contributed by atoms with Crippen LogP contribution in [0, 0.1) is 19.8 Å². The fourth-order valence-corrected chi connectivity index (χ4v) is 2.22. The van der Waals surface area contributed by atoms with Crippen molar-refractivity contribution >= 4 is 0 Å². The van der Waals surface area contributed by atoms with E-state index in [0.29, 0.717) is 0 Å². The minimum atomic E-state index is -0.600. The van der Waals surface area contributed by atoms with Crippen LogP contribution in [0.2, 0.25) is 0 Å². The highest BCUT2D eigenvalue weighted by atomic mass is 16.5. The van der Waals surface area contributed by atoms with E-state index >= 15 is 0 Å². The molecule has 0 unspecified atom stereocenters. The second-order valence-electron chi connectivity index (χ2n) is 5.67. The maximum absolute atomic E-state index is 10.3. The van der Waals surface area contributed by atoms with Crippen LogP contribution in [-0.2, 0) is 5.60 Å². The van der Waals surface area contributed by atoms with Gasteiger partial charge in [0.2, 0.25) is 0 Å². The minimum Gasteiger partial charge on any atom is -0.493 e. The third-order valence-electron chi connectivity index (χ3n) is 4.06. The summed E-state index contributed by atoms with van der Waals surface area (Å²) >= 11 is 0. The maximum Gasteiger partial charge on any atom is 0.128 e. The zero-order valence-corrected chi connectivity index (χ0v) is 10.6. The largest absolute Gasteiger partial charge is 0.493 e. The van der Waals surface area contributed by atoms with Gasteiger partial charge in [-0.05, 0) is 56.6 Å². The van der Waals surface area contributed by atoms with E-state index in [2.05, 4.69) is 19.9 Å². The Labute approximate surface area is 103 Å². The number of aliphatic hydroxyl groups is 1. The minimum absolute atomic E-state index is 0.600. The summed E-state index contributed by atoms with van der Waals surface area (Å²) in [6.45, 7) is 5.00. The average molecular weight is 232 g/mol. The summed E-state index contributed by atoms with van der Waals surface area (Å²) in [5.41, 5.74) is 2.82. The van der Waals surface area contributed by atoms with Crippen LogP contribution in [0.5, 0.6) is 5.75 Å². The van der Waals surface area contributed by atoms with Gasteiger partial charge in [-0.3, -0.25) is 0 Å². The lowest BCUT2D eigenvalue weighted by Crippen LogP contribution is -2.11. The van der Waals surface area contributed by atoms with Gasteiger partial charge >= 0.3 is 0 Å². The van der Waals surface area contributed by atoms with Gasteiger partial charge in [0, 0.05) is 5.56 Å². The normalized spacial score (nSPS) is 21.4. The van der Waals surface area contributed by atoms with Gasteiger partial charge in [-0.1, -0.05) is 12.1 Å². The molecule has 92 valence electrons. The van der Waals surface area contributed by atoms with Gasteiger partial charge in [-0.25, -0.2) is 0 Å². The van der Waals surface area contributed by atoms with Crippen LogP contribution in [0.15, 0.2) is 12.1 Å². The molecule has 1 N–H and O–H groups in total. The monoisotopic (exact) mass is 232 g/mol. The van der Waals surface area contributed by atoms with Gasteiger partial charge in [0.05, 0.1) is 12.2 Å². The molecule has 2 heteroatoms. The van der Waals surface area contributed by atoms with Crippen molar-refractivity contribution < 1.29 is 9.84 Å². The topological polar surface area (TPSA) is 29.5 Å². The molecular formula is C15H20O2. The molecule has 0 radical (unpaired) electrons. The van der Waals surface area contributed by atoms with Crippen molar-refractivity contribution in [3.8, 4) is 5.75 Å². The van der Waals surface area contributed by atoms with E-state index in [4.69, 9.17) is 4.74 Å². The molecule has 0 spiro atoms. The number of rotatable bonds is 4. The van der Waals surface area contributed by atoms with Crippen LogP contribution in [0.4, 0.5) is 0 Å². The summed E-state index contributed by atoms with van der Waals surface area (Å²) in [4.78, 5) is 0. The molecule has 0 aliphatic heterocycles. The summed E-state index contributed by atoms with van der Waals surface area (Å²) in [5.74, 6) is 1.69. The van der Waals surface area contributed by atoms with Crippen molar-refractivity contribution in [2.75, 3.05) is 6.61 Å². The number of benzene rings is 1. The second-order valence-corrected chi connectivity index (χ2v) is 5.67. The van der Waals surface area contributed by atoms with E-state index in [1.54, 1.807) is 0 Å². The first kappa shape index (κ1) is 11.1. The van der Waals surface area contributed by atoms with Crippen LogP contribution in [-0.4, -0.2) is 11.7 Å². The van der Waals surface area contributed by atoms with Gasteiger partial charge in [0.1, 0.15) is 5.75 Å². The molecule has 2 aliphatic carbocycles. The first-order valence-electron chi connectivity index (χ1n) is 6.56. The molecule has 2 fully saturated rings. The molecule has 0 heterocycles. The zero-order chi connectivity index (χ0) is 12.0. The smallest absolute Gasteiger partial charge is 0.128 e. The van der Waals surface area contributed by atoms with Gasteiger partial charge < -0.3 is 9.84 Å². The first-order valence-corrected chi connectivity index (χ1v) is 6.56. The molecule has 0 saturated heterocycles. The van der Waals surface area contributed by atoms with Crippen LogP contribution < -0.4 is 4.74 Å². The van der Waals surface area contributed by atoms with Crippen molar-refractivity contribution in [2.45, 2.75) is 45.1 Å². The van der Waals surface area contributed by atoms with Crippen molar-refractivity contribution in [2.24, 2.45) is 5.92 Å². The highest BCUT2D eigenvalue weighted by molar-refractivity contribution is 5.49. The van der Waals surface area contributed by atoms with Crippen molar-refractivity contribution in [3.05, 3.63) is 28.8 Å². The Morgan fingerprint density at radius 2 is 2.00 bits per heavy atom. The van der Waals surface area contributed by atoms with Gasteiger partial charge in [0.25, 0.3) is 0 Å². The standard InChI is InChI=1S/C15H20O2/c1-10-3-6-13(15(16)7-8-15)14(11(10)2)17-9-12-4-5-12/h3,6,12,16H,4-5,7-9H2,1-2H3. The molecule has 0 atom stereocenters. The molecule has 3 rings (SSSR count). The van der Waals surface area contributed by atoms with Crippen molar-refractivity contribution in [3.63, 3.8) is 0 Å². The van der Waals surface area contributed by atoms with Gasteiger partial charge in [-0.2, -0.15) is 0 Å². The van der Waals surface area contributed by atoms with Crippen LogP contribution >= 0.6 is 0 Å². The molecule has 17 heavy (non-hydrogen) atoms. The molecule has 0 amide bonds. The predicted octanol–water partition coefficient (Wildman–Crippen LogP) is 3.07. The maximum atomic E-state index is 10.3. The Bertz CT molecular complexity index is 442. The number of aryl methyl sites for hydroxylation is 1.